The summed E-state index contributed by atoms with van der Waals surface area (Å²) in [5.74, 6) is -0.336. The van der Waals surface area contributed by atoms with E-state index in [0.29, 0.717) is 5.69 Å². The molecule has 1 amide bonds. The molecule has 0 fully saturated rings. The lowest BCUT2D eigenvalue weighted by atomic mass is 9.90. The summed E-state index contributed by atoms with van der Waals surface area (Å²) in [6.45, 7) is 0. The molecule has 0 unspecified atom stereocenters. The SMILES string of the molecule is CS(C)(c1ccc(-c2ccc(NC(=O)c3ncc(C#N)[nH]3)c(C3=CCCCC3)c2)cc1)[N+](=O)[O-]. The zero-order chi connectivity index (χ0) is 24.3. The molecule has 0 bridgehead atoms. The van der Waals surface area contributed by atoms with Gasteiger partial charge in [-0.2, -0.15) is 5.26 Å². The van der Waals surface area contributed by atoms with E-state index in [1.165, 1.54) is 11.8 Å². The van der Waals surface area contributed by atoms with Crippen LogP contribution in [0.1, 0.15) is 47.6 Å². The molecule has 34 heavy (non-hydrogen) atoms. The standard InChI is InChI=1S/C25H25N5O3S/c1-34(2,30(32)33)21-11-8-17(9-12-21)19-10-13-23(22(14-19)18-6-4-3-5-7-18)29-25(31)24-27-16-20(15-26)28-24/h6,8-14,16H,3-5,7H2,1-2H3,(H,27,28)(H,29,31). The fourth-order valence-corrected chi connectivity index (χ4v) is 4.90. The average molecular weight is 476 g/mol. The summed E-state index contributed by atoms with van der Waals surface area (Å²) in [5.41, 5.74) is 4.93. The summed E-state index contributed by atoms with van der Waals surface area (Å²) in [5, 5.41) is 23.3. The van der Waals surface area contributed by atoms with E-state index >= 15 is 0 Å². The Labute approximate surface area is 199 Å². The highest BCUT2D eigenvalue weighted by Gasteiger charge is 2.26. The van der Waals surface area contributed by atoms with Crippen LogP contribution in [-0.4, -0.2) is 32.7 Å². The number of aromatic amines is 1. The molecule has 8 nitrogen and oxygen atoms in total. The van der Waals surface area contributed by atoms with Crippen molar-refractivity contribution >= 4 is 27.4 Å². The molecule has 1 heterocycles. The first-order valence-electron chi connectivity index (χ1n) is 10.9. The second kappa shape index (κ2) is 9.53. The quantitative estimate of drug-likeness (QED) is 0.346. The molecule has 0 aliphatic heterocycles. The van der Waals surface area contributed by atoms with Gasteiger partial charge in [0.15, 0.2) is 5.82 Å². The maximum absolute atomic E-state index is 12.7. The van der Waals surface area contributed by atoms with Gasteiger partial charge in [-0.25, -0.2) is 4.98 Å². The summed E-state index contributed by atoms with van der Waals surface area (Å²) in [7, 11) is -2.11. The van der Waals surface area contributed by atoms with Gasteiger partial charge in [0.1, 0.15) is 11.8 Å². The number of anilines is 1. The van der Waals surface area contributed by atoms with Crippen molar-refractivity contribution in [1.29, 1.82) is 5.26 Å². The summed E-state index contributed by atoms with van der Waals surface area (Å²) in [6, 6.07) is 15.2. The first kappa shape index (κ1) is 23.3. The van der Waals surface area contributed by atoms with E-state index in [1.807, 2.05) is 42.5 Å². The van der Waals surface area contributed by atoms with Gasteiger partial charge in [0.05, 0.1) is 15.4 Å². The van der Waals surface area contributed by atoms with Crippen LogP contribution in [0.3, 0.4) is 0 Å². The third kappa shape index (κ3) is 4.72. The minimum Gasteiger partial charge on any atom is -0.326 e. The second-order valence-electron chi connectivity index (χ2n) is 8.47. The number of hydrogen-bond donors (Lipinski definition) is 2. The molecule has 0 saturated heterocycles. The number of benzene rings is 2. The van der Waals surface area contributed by atoms with Crippen molar-refractivity contribution in [3.63, 3.8) is 0 Å². The van der Waals surface area contributed by atoms with Crippen LogP contribution in [-0.2, 0) is 0 Å². The van der Waals surface area contributed by atoms with E-state index < -0.39 is 16.1 Å². The molecule has 0 radical (unpaired) electrons. The van der Waals surface area contributed by atoms with Crippen LogP contribution in [0.25, 0.3) is 16.7 Å². The molecule has 0 saturated carbocycles. The third-order valence-electron chi connectivity index (χ3n) is 5.95. The van der Waals surface area contributed by atoms with Crippen molar-refractivity contribution in [3.8, 4) is 17.2 Å². The van der Waals surface area contributed by atoms with Crippen LogP contribution in [0.15, 0.2) is 59.6 Å². The van der Waals surface area contributed by atoms with Gasteiger partial charge in [-0.1, -0.05) is 24.3 Å². The van der Waals surface area contributed by atoms with Gasteiger partial charge in [0.25, 0.3) is 5.91 Å². The number of nitro groups is 1. The number of rotatable bonds is 6. The van der Waals surface area contributed by atoms with E-state index in [-0.39, 0.29) is 15.8 Å². The molecule has 2 N–H and O–H groups in total. The number of carbonyl (C=O) groups excluding carboxylic acids is 1. The van der Waals surface area contributed by atoms with E-state index in [2.05, 4.69) is 27.4 Å². The van der Waals surface area contributed by atoms with E-state index in [1.54, 1.807) is 12.5 Å². The zero-order valence-corrected chi connectivity index (χ0v) is 19.8. The summed E-state index contributed by atoms with van der Waals surface area (Å²) >= 11 is 0. The molecule has 0 atom stereocenters. The summed E-state index contributed by atoms with van der Waals surface area (Å²) < 4.78 is -0.203. The Hall–Kier alpha value is -3.90. The fraction of sp³-hybridized carbons (Fsp3) is 0.240. The first-order chi connectivity index (χ1) is 16.3. The Morgan fingerprint density at radius 3 is 2.53 bits per heavy atom. The molecule has 1 aliphatic carbocycles. The summed E-state index contributed by atoms with van der Waals surface area (Å²) in [6.07, 6.45) is 11.0. The fourth-order valence-electron chi connectivity index (χ4n) is 3.92. The molecule has 2 aromatic carbocycles. The smallest absolute Gasteiger partial charge is 0.291 e. The number of allylic oxidation sites excluding steroid dienone is 2. The van der Waals surface area contributed by atoms with Gasteiger partial charge < -0.3 is 10.3 Å². The van der Waals surface area contributed by atoms with Crippen molar-refractivity contribution in [2.75, 3.05) is 17.8 Å². The number of nitrogens with one attached hydrogen (secondary N) is 2. The van der Waals surface area contributed by atoms with Crippen LogP contribution >= 0.6 is 10.2 Å². The third-order valence-corrected chi connectivity index (χ3v) is 8.12. The van der Waals surface area contributed by atoms with Crippen molar-refractivity contribution < 1.29 is 9.12 Å². The topological polar surface area (TPSA) is 125 Å². The molecule has 1 aromatic heterocycles. The molecule has 0 spiro atoms. The lowest BCUT2D eigenvalue weighted by Crippen LogP contribution is -2.15. The Morgan fingerprint density at radius 1 is 1.18 bits per heavy atom. The molecule has 1 aliphatic rings. The zero-order valence-electron chi connectivity index (χ0n) is 19.0. The van der Waals surface area contributed by atoms with E-state index in [9.17, 15) is 14.9 Å². The van der Waals surface area contributed by atoms with Gasteiger partial charge in [-0.3, -0.25) is 14.9 Å². The van der Waals surface area contributed by atoms with Crippen LogP contribution < -0.4 is 5.32 Å². The maximum atomic E-state index is 12.7. The van der Waals surface area contributed by atoms with E-state index in [4.69, 9.17) is 5.26 Å². The highest BCUT2D eigenvalue weighted by molar-refractivity contribution is 8.27. The van der Waals surface area contributed by atoms with Gasteiger partial charge in [-0.05, 0) is 66.6 Å². The largest absolute Gasteiger partial charge is 0.326 e. The van der Waals surface area contributed by atoms with Crippen LogP contribution in [0.4, 0.5) is 5.69 Å². The van der Waals surface area contributed by atoms with Crippen LogP contribution in [0.2, 0.25) is 0 Å². The number of aromatic nitrogens is 2. The predicted molar refractivity (Wildman–Crippen MR) is 134 cm³/mol. The van der Waals surface area contributed by atoms with Gasteiger partial charge >= 0.3 is 0 Å². The minimum absolute atomic E-state index is 0.0793. The highest BCUT2D eigenvalue weighted by Crippen LogP contribution is 2.49. The van der Waals surface area contributed by atoms with Crippen LogP contribution in [0.5, 0.6) is 0 Å². The number of nitriles is 1. The Bertz CT molecular complexity index is 1320. The average Bonchev–Trinajstić information content (AvgIpc) is 3.34. The first-order valence-corrected chi connectivity index (χ1v) is 13.3. The van der Waals surface area contributed by atoms with Crippen molar-refractivity contribution in [2.45, 2.75) is 30.6 Å². The normalized spacial score (nSPS) is 14.1. The predicted octanol–water partition coefficient (Wildman–Crippen LogP) is 5.77. The molecule has 3 aromatic rings. The van der Waals surface area contributed by atoms with Gasteiger partial charge in [-0.15, -0.1) is 0 Å². The molecular formula is C25H25N5O3S. The molecule has 9 heteroatoms. The number of amides is 1. The Morgan fingerprint density at radius 2 is 1.91 bits per heavy atom. The van der Waals surface area contributed by atoms with Gasteiger partial charge in [0, 0.05) is 34.0 Å². The monoisotopic (exact) mass is 475 g/mol. The second-order valence-corrected chi connectivity index (χ2v) is 11.8. The number of imidazole rings is 1. The number of H-pyrrole nitrogens is 1. The molecular weight excluding hydrogens is 450 g/mol. The number of carbonyl (C=O) groups is 1. The lowest BCUT2D eigenvalue weighted by molar-refractivity contribution is -0.295. The molecule has 4 rings (SSSR count). The lowest BCUT2D eigenvalue weighted by Gasteiger charge is -2.21. The number of hydrogen-bond acceptors (Lipinski definition) is 5. The van der Waals surface area contributed by atoms with Crippen LogP contribution in [0, 0.1) is 21.4 Å². The number of nitrogens with zero attached hydrogens (tertiary/aromatic N) is 3. The van der Waals surface area contributed by atoms with E-state index in [0.717, 1.165) is 47.3 Å². The van der Waals surface area contributed by atoms with Gasteiger partial charge in [0.2, 0.25) is 0 Å². The minimum atomic E-state index is -2.11. The highest BCUT2D eigenvalue weighted by atomic mass is 32.3. The van der Waals surface area contributed by atoms with Crippen molar-refractivity contribution in [1.82, 2.24) is 9.97 Å². The Balaban J connectivity index is 1.68. The Kier molecular flexibility index (Phi) is 6.52. The maximum Gasteiger partial charge on any atom is 0.291 e. The van der Waals surface area contributed by atoms with Crippen molar-refractivity contribution in [3.05, 3.63) is 81.9 Å². The van der Waals surface area contributed by atoms with Crippen molar-refractivity contribution in [2.24, 2.45) is 0 Å². The molecule has 174 valence electrons. The summed E-state index contributed by atoms with van der Waals surface area (Å²) in [4.78, 5) is 31.6.